The molecule has 0 bridgehead atoms. The summed E-state index contributed by atoms with van der Waals surface area (Å²) < 4.78 is 35.8. The predicted molar refractivity (Wildman–Crippen MR) is 220 cm³/mol. The lowest BCUT2D eigenvalue weighted by Gasteiger charge is -2.43. The van der Waals surface area contributed by atoms with E-state index in [0.717, 1.165) is 0 Å². The first-order valence-corrected chi connectivity index (χ1v) is 21.6. The van der Waals surface area contributed by atoms with Crippen molar-refractivity contribution in [3.63, 3.8) is 0 Å². The zero-order valence-corrected chi connectivity index (χ0v) is 36.3. The number of phenols is 2. The van der Waals surface area contributed by atoms with Crippen molar-refractivity contribution in [3.05, 3.63) is 51.6 Å². The van der Waals surface area contributed by atoms with Gasteiger partial charge in [0, 0.05) is 68.7 Å². The van der Waals surface area contributed by atoms with Crippen LogP contribution in [-0.4, -0.2) is 150 Å². The van der Waals surface area contributed by atoms with Crippen LogP contribution < -0.4 is 20.7 Å². The largest absolute Gasteiger partial charge is 0.507 e. The molecule has 3 amide bonds. The first-order chi connectivity index (χ1) is 30.6. The summed E-state index contributed by atoms with van der Waals surface area (Å²) in [5, 5.41) is 53.1. The lowest BCUT2D eigenvalue weighted by atomic mass is 9.72. The molecule has 0 spiro atoms. The zero-order valence-electron chi connectivity index (χ0n) is 36.3. The highest BCUT2D eigenvalue weighted by Gasteiger charge is 2.55. The van der Waals surface area contributed by atoms with Gasteiger partial charge in [0.05, 0.1) is 61.5 Å². The Kier molecular flexibility index (Phi) is 13.9. The molecule has 3 aliphatic heterocycles. The fourth-order valence-electron chi connectivity index (χ4n) is 9.93. The van der Waals surface area contributed by atoms with Crippen LogP contribution in [0.15, 0.2) is 18.2 Å². The average molecular weight is 897 g/mol. The Morgan fingerprint density at radius 2 is 1.69 bits per heavy atom. The highest BCUT2D eigenvalue weighted by Crippen LogP contribution is 2.53. The third-order valence-corrected chi connectivity index (χ3v) is 13.1. The van der Waals surface area contributed by atoms with E-state index >= 15 is 0 Å². The Labute approximate surface area is 368 Å². The normalized spacial score (nSPS) is 27.6. The minimum atomic E-state index is -2.34. The van der Waals surface area contributed by atoms with Crippen molar-refractivity contribution >= 4 is 35.3 Å². The summed E-state index contributed by atoms with van der Waals surface area (Å²) in [6, 6.07) is 4.14. The number of aliphatic carboxylic acids is 1. The van der Waals surface area contributed by atoms with E-state index in [4.69, 9.17) is 28.4 Å². The molecule has 0 radical (unpaired) electrons. The number of aromatic hydroxyl groups is 2. The van der Waals surface area contributed by atoms with Gasteiger partial charge < -0.3 is 64.8 Å². The second-order valence-corrected chi connectivity index (χ2v) is 16.8. The molecule has 7 rings (SSSR count). The van der Waals surface area contributed by atoms with Crippen molar-refractivity contribution in [2.24, 2.45) is 11.8 Å². The average Bonchev–Trinajstić information content (AvgIpc) is 3.66. The Bertz CT molecular complexity index is 2180. The Hall–Kier alpha value is -5.22. The van der Waals surface area contributed by atoms with Gasteiger partial charge in [-0.25, -0.2) is 0 Å². The quantitative estimate of drug-likeness (QED) is 0.0781. The van der Waals surface area contributed by atoms with E-state index in [0.29, 0.717) is 26.0 Å². The molecule has 3 fully saturated rings. The van der Waals surface area contributed by atoms with Crippen molar-refractivity contribution in [1.29, 1.82) is 0 Å². The van der Waals surface area contributed by atoms with E-state index in [2.05, 4.69) is 20.9 Å². The number of hydrogen-bond donors (Lipinski definition) is 7. The number of ether oxygens (including phenoxy) is 6. The molecule has 20 heteroatoms. The number of nitrogens with one attached hydrogen (secondary N) is 3. The summed E-state index contributed by atoms with van der Waals surface area (Å²) in [4.78, 5) is 81.2. The number of hydrogen-bond acceptors (Lipinski definition) is 16. The van der Waals surface area contributed by atoms with Crippen LogP contribution in [0.5, 0.6) is 17.2 Å². The molecule has 3 saturated heterocycles. The van der Waals surface area contributed by atoms with E-state index < -0.39 is 126 Å². The fraction of sp³-hybridized carbons (Fsp3) is 0.591. The number of methoxy groups -OCH3 is 2. The Morgan fingerprint density at radius 3 is 2.38 bits per heavy atom. The van der Waals surface area contributed by atoms with E-state index in [1.165, 1.54) is 32.4 Å². The van der Waals surface area contributed by atoms with Gasteiger partial charge in [-0.1, -0.05) is 38.8 Å². The molecule has 9 atom stereocenters. The summed E-state index contributed by atoms with van der Waals surface area (Å²) in [5.74, 6) is -7.13. The van der Waals surface area contributed by atoms with E-state index in [1.54, 1.807) is 6.92 Å². The van der Waals surface area contributed by atoms with Crippen molar-refractivity contribution in [1.82, 2.24) is 20.9 Å². The molecule has 2 aromatic carbocycles. The molecule has 7 N–H and O–H groups in total. The van der Waals surface area contributed by atoms with Crippen LogP contribution in [0.2, 0.25) is 0 Å². The van der Waals surface area contributed by atoms with Crippen LogP contribution in [0.25, 0.3) is 0 Å². The first kappa shape index (κ1) is 46.8. The summed E-state index contributed by atoms with van der Waals surface area (Å²) in [7, 11) is 2.85. The molecular weight excluding hydrogens is 840 g/mol. The number of carbonyl (C=O) groups is 6. The maximum absolute atomic E-state index is 14.2. The SMILES string of the molecule is CCC(CC)C(CC(=O)O)C(=O)NCC(=O)NCCNC(=O)[C@]1(O)Cc2c(O)c3c(c(O)c2[C@@H](O[C@H]2C[C@H]4[C@H](O[C@@H]5[C@@H](OC)OCCN54)[C@H](C)O2)C1)C(=O)c1c(OC)cccc1C3=O. The molecule has 2 aromatic rings. The zero-order chi connectivity index (χ0) is 46.2. The third kappa shape index (κ3) is 8.67. The van der Waals surface area contributed by atoms with Gasteiger partial charge in [0.15, 0.2) is 24.6 Å². The number of fused-ring (bicyclic) bond motifs is 6. The number of aliphatic hydroxyl groups is 1. The number of carboxylic acid groups (broad SMARTS) is 1. The summed E-state index contributed by atoms with van der Waals surface area (Å²) >= 11 is 0. The van der Waals surface area contributed by atoms with Crippen molar-refractivity contribution < 1.29 is 77.6 Å². The lowest BCUT2D eigenvalue weighted by molar-refractivity contribution is -0.256. The van der Waals surface area contributed by atoms with Gasteiger partial charge in [0.1, 0.15) is 29.0 Å². The van der Waals surface area contributed by atoms with Crippen LogP contribution >= 0.6 is 0 Å². The topological polar surface area (TPSA) is 278 Å². The maximum atomic E-state index is 14.2. The first-order valence-electron chi connectivity index (χ1n) is 21.6. The van der Waals surface area contributed by atoms with Gasteiger partial charge in [-0.2, -0.15) is 0 Å². The summed E-state index contributed by atoms with van der Waals surface area (Å²) in [5.41, 5.74) is -3.82. The molecule has 3 heterocycles. The van der Waals surface area contributed by atoms with Crippen molar-refractivity contribution in [2.45, 2.75) is 108 Å². The van der Waals surface area contributed by atoms with E-state index in [9.17, 15) is 49.2 Å². The lowest BCUT2D eigenvalue weighted by Crippen LogP contribution is -2.55. The number of ketones is 2. The Morgan fingerprint density at radius 1 is 0.969 bits per heavy atom. The molecule has 0 aromatic heterocycles. The summed E-state index contributed by atoms with van der Waals surface area (Å²) in [6.45, 7) is 5.65. The van der Waals surface area contributed by atoms with Gasteiger partial charge in [-0.05, 0) is 18.9 Å². The van der Waals surface area contributed by atoms with Gasteiger partial charge >= 0.3 is 5.97 Å². The van der Waals surface area contributed by atoms with Crippen molar-refractivity contribution in [3.8, 4) is 17.2 Å². The molecule has 348 valence electrons. The van der Waals surface area contributed by atoms with Gasteiger partial charge in [-0.3, -0.25) is 33.7 Å². The van der Waals surface area contributed by atoms with E-state index in [1.807, 2.05) is 13.8 Å². The number of amides is 3. The molecule has 1 unspecified atom stereocenters. The smallest absolute Gasteiger partial charge is 0.304 e. The number of nitrogens with zero attached hydrogens (tertiary/aromatic N) is 1. The van der Waals surface area contributed by atoms with Crippen LogP contribution in [0, 0.1) is 11.8 Å². The molecule has 20 nitrogen and oxygen atoms in total. The van der Waals surface area contributed by atoms with Gasteiger partial charge in [0.25, 0.3) is 5.91 Å². The second kappa shape index (κ2) is 19.1. The van der Waals surface area contributed by atoms with Crippen LogP contribution in [0.4, 0.5) is 0 Å². The predicted octanol–water partition coefficient (Wildman–Crippen LogP) is 1.03. The molecule has 64 heavy (non-hydrogen) atoms. The number of benzene rings is 2. The fourth-order valence-corrected chi connectivity index (χ4v) is 9.93. The maximum Gasteiger partial charge on any atom is 0.304 e. The van der Waals surface area contributed by atoms with Gasteiger partial charge in [0.2, 0.25) is 17.6 Å². The van der Waals surface area contributed by atoms with Crippen LogP contribution in [0.1, 0.15) is 102 Å². The van der Waals surface area contributed by atoms with E-state index in [-0.39, 0.29) is 65.9 Å². The number of rotatable bonds is 16. The minimum Gasteiger partial charge on any atom is -0.507 e. The molecular formula is C44H56N4O16. The number of morpholine rings is 1. The van der Waals surface area contributed by atoms with Crippen molar-refractivity contribution in [2.75, 3.05) is 47.0 Å². The highest BCUT2D eigenvalue weighted by atomic mass is 16.7. The number of phenolic OH excluding ortho intramolecular Hbond substituents is 2. The highest BCUT2D eigenvalue weighted by molar-refractivity contribution is 6.31. The number of carboxylic acids is 1. The third-order valence-electron chi connectivity index (χ3n) is 13.1. The second-order valence-electron chi connectivity index (χ2n) is 16.8. The standard InChI is InChI=1S/C44H56N4O16/c1-6-21(7-2)23(15-29(50)51)40(56)47-19-28(49)45-11-12-46-43(57)44(58)17-24-32(38(55)34-33(36(24)53)35(52)22-9-8-10-26(59-4)31(22)37(34)54)27(18-44)63-30-16-25-39(20(3)62-30)64-41-42(60-5)61-14-13-48(25)41/h8-10,20-21,23,25,27,30,39,41-42,53,55,58H,6-7,11-19H2,1-5H3,(H,45,49)(H,46,57)(H,47,56)(H,50,51)/t20-,23?,25-,27-,30-,39+,41+,42-,44-/m0/s1. The monoisotopic (exact) mass is 896 g/mol. The molecule has 2 aliphatic carbocycles. The number of carbonyl (C=O) groups excluding carboxylic acids is 5. The van der Waals surface area contributed by atoms with Crippen LogP contribution in [0.3, 0.4) is 0 Å². The molecule has 0 saturated carbocycles. The minimum absolute atomic E-state index is 0.0778. The van der Waals surface area contributed by atoms with Gasteiger partial charge in [-0.15, -0.1) is 0 Å². The van der Waals surface area contributed by atoms with Crippen LogP contribution in [-0.2, 0) is 49.3 Å². The summed E-state index contributed by atoms with van der Waals surface area (Å²) in [6.07, 6.45) is -4.61. The molecule has 5 aliphatic rings. The Balaban J connectivity index is 1.11.